The van der Waals surface area contributed by atoms with Crippen molar-refractivity contribution in [2.24, 2.45) is 7.05 Å². The number of nitrogens with zero attached hydrogens (tertiary/aromatic N) is 3. The van der Waals surface area contributed by atoms with Crippen LogP contribution in [0.25, 0.3) is 5.69 Å². The number of anilines is 1. The summed E-state index contributed by atoms with van der Waals surface area (Å²) >= 11 is 0. The van der Waals surface area contributed by atoms with Gasteiger partial charge in [0, 0.05) is 13.6 Å². The van der Waals surface area contributed by atoms with Crippen molar-refractivity contribution in [3.05, 3.63) is 112 Å². The maximum atomic E-state index is 13.5. The van der Waals surface area contributed by atoms with Gasteiger partial charge in [-0.2, -0.15) is 4.31 Å². The number of benzene rings is 3. The average molecular weight is 575 g/mol. The molecule has 41 heavy (non-hydrogen) atoms. The molecule has 0 radical (unpaired) electrons. The number of nitrogens with one attached hydrogen (secondary N) is 1. The van der Waals surface area contributed by atoms with Gasteiger partial charge in [0.2, 0.25) is 10.0 Å². The first-order valence-electron chi connectivity index (χ1n) is 13.1. The molecule has 0 unspecified atom stereocenters. The van der Waals surface area contributed by atoms with Crippen LogP contribution in [0.15, 0.2) is 94.6 Å². The fourth-order valence-corrected chi connectivity index (χ4v) is 6.73. The van der Waals surface area contributed by atoms with Crippen LogP contribution >= 0.6 is 0 Å². The maximum Gasteiger partial charge on any atom is 0.308 e. The summed E-state index contributed by atoms with van der Waals surface area (Å²) in [5.74, 6) is -1.41. The van der Waals surface area contributed by atoms with E-state index in [1.807, 2.05) is 24.3 Å². The minimum atomic E-state index is -3.90. The summed E-state index contributed by atoms with van der Waals surface area (Å²) in [5.41, 5.74) is 2.50. The van der Waals surface area contributed by atoms with Gasteiger partial charge >= 0.3 is 5.97 Å². The van der Waals surface area contributed by atoms with E-state index in [1.54, 1.807) is 67.2 Å². The Kier molecular flexibility index (Phi) is 7.91. The number of hydrogen-bond donors (Lipinski definition) is 1. The number of aromatic nitrogens is 2. The summed E-state index contributed by atoms with van der Waals surface area (Å²) in [6.07, 6.45) is 0.231. The largest absolute Gasteiger partial charge is 0.456 e. The second-order valence-electron chi connectivity index (χ2n) is 9.74. The number of fused-ring (bicyclic) bond motifs is 1. The number of para-hydroxylation sites is 1. The highest BCUT2D eigenvalue weighted by atomic mass is 32.2. The third kappa shape index (κ3) is 5.59. The molecule has 3 aromatic carbocycles. The van der Waals surface area contributed by atoms with Gasteiger partial charge in [-0.05, 0) is 48.7 Å². The summed E-state index contributed by atoms with van der Waals surface area (Å²) in [7, 11) is -2.19. The molecule has 0 bridgehead atoms. The lowest BCUT2D eigenvalue weighted by Crippen LogP contribution is -2.41. The lowest BCUT2D eigenvalue weighted by Gasteiger charge is -2.36. The van der Waals surface area contributed by atoms with Crippen LogP contribution in [0.2, 0.25) is 0 Å². The van der Waals surface area contributed by atoms with E-state index in [4.69, 9.17) is 4.74 Å². The van der Waals surface area contributed by atoms with Crippen LogP contribution in [0, 0.1) is 6.92 Å². The minimum absolute atomic E-state index is 0.0822. The molecule has 1 atom stereocenters. The molecule has 2 heterocycles. The molecule has 212 valence electrons. The van der Waals surface area contributed by atoms with Gasteiger partial charge in [0.25, 0.3) is 11.5 Å². The third-order valence-electron chi connectivity index (χ3n) is 7.26. The molecule has 0 aliphatic carbocycles. The van der Waals surface area contributed by atoms with E-state index in [2.05, 4.69) is 5.32 Å². The van der Waals surface area contributed by atoms with Crippen molar-refractivity contribution in [2.45, 2.75) is 30.7 Å². The van der Waals surface area contributed by atoms with Crippen LogP contribution in [0.3, 0.4) is 0 Å². The highest BCUT2D eigenvalue weighted by Gasteiger charge is 2.37. The van der Waals surface area contributed by atoms with Crippen LogP contribution in [-0.2, 0) is 37.8 Å². The minimum Gasteiger partial charge on any atom is -0.456 e. The molecule has 11 heteroatoms. The molecule has 1 amide bonds. The Morgan fingerprint density at radius 3 is 2.29 bits per heavy atom. The first-order chi connectivity index (χ1) is 19.7. The normalized spacial score (nSPS) is 15.2. The fourth-order valence-electron chi connectivity index (χ4n) is 5.11. The molecule has 0 saturated heterocycles. The first-order valence-corrected chi connectivity index (χ1v) is 14.6. The SMILES string of the molecule is Cc1c(NC(=O)COC(=O)C[C@H]2c3ccccc3CCN2S(=O)(=O)c2ccccc2)c(=O)n(-c2ccccc2)n1C. The molecular weight excluding hydrogens is 544 g/mol. The van der Waals surface area contributed by atoms with Crippen molar-refractivity contribution < 1.29 is 22.7 Å². The number of carbonyl (C=O) groups is 2. The fraction of sp³-hybridized carbons (Fsp3) is 0.233. The summed E-state index contributed by atoms with van der Waals surface area (Å²) in [6, 6.07) is 23.7. The number of sulfonamides is 1. The van der Waals surface area contributed by atoms with Crippen molar-refractivity contribution in [1.29, 1.82) is 0 Å². The van der Waals surface area contributed by atoms with Crippen LogP contribution in [0.5, 0.6) is 0 Å². The van der Waals surface area contributed by atoms with Crippen LogP contribution < -0.4 is 10.9 Å². The zero-order chi connectivity index (χ0) is 29.1. The molecule has 1 N–H and O–H groups in total. The van der Waals surface area contributed by atoms with Gasteiger partial charge in [0.1, 0.15) is 5.69 Å². The summed E-state index contributed by atoms with van der Waals surface area (Å²) in [5, 5.41) is 2.56. The van der Waals surface area contributed by atoms with E-state index in [-0.39, 0.29) is 23.5 Å². The van der Waals surface area contributed by atoms with Gasteiger partial charge in [0.05, 0.1) is 28.7 Å². The monoisotopic (exact) mass is 574 g/mol. The number of rotatable bonds is 8. The van der Waals surface area contributed by atoms with E-state index in [1.165, 1.54) is 21.1 Å². The smallest absolute Gasteiger partial charge is 0.308 e. The number of hydrogen-bond acceptors (Lipinski definition) is 6. The molecule has 0 spiro atoms. The predicted molar refractivity (Wildman–Crippen MR) is 153 cm³/mol. The zero-order valence-electron chi connectivity index (χ0n) is 22.7. The zero-order valence-corrected chi connectivity index (χ0v) is 23.5. The predicted octanol–water partition coefficient (Wildman–Crippen LogP) is 3.34. The van der Waals surface area contributed by atoms with Gasteiger partial charge in [-0.25, -0.2) is 13.1 Å². The Hall–Kier alpha value is -4.48. The van der Waals surface area contributed by atoms with Gasteiger partial charge in [-0.1, -0.05) is 60.7 Å². The summed E-state index contributed by atoms with van der Waals surface area (Å²) in [6.45, 7) is 1.27. The Morgan fingerprint density at radius 2 is 1.59 bits per heavy atom. The second-order valence-corrected chi connectivity index (χ2v) is 11.6. The molecule has 0 fully saturated rings. The molecule has 1 aliphatic heterocycles. The van der Waals surface area contributed by atoms with Gasteiger partial charge in [0.15, 0.2) is 6.61 Å². The van der Waals surface area contributed by atoms with E-state index in [0.29, 0.717) is 17.8 Å². The van der Waals surface area contributed by atoms with E-state index >= 15 is 0 Å². The van der Waals surface area contributed by atoms with Crippen molar-refractivity contribution in [1.82, 2.24) is 13.7 Å². The number of ether oxygens (including phenoxy) is 1. The topological polar surface area (TPSA) is 120 Å². The third-order valence-corrected chi connectivity index (χ3v) is 9.18. The molecule has 0 saturated carbocycles. The lowest BCUT2D eigenvalue weighted by atomic mass is 9.92. The Bertz CT molecular complexity index is 1750. The Balaban J connectivity index is 1.30. The van der Waals surface area contributed by atoms with Crippen molar-refractivity contribution in [3.8, 4) is 5.69 Å². The van der Waals surface area contributed by atoms with Gasteiger partial charge in [-0.15, -0.1) is 0 Å². The maximum absolute atomic E-state index is 13.5. The van der Waals surface area contributed by atoms with Crippen LogP contribution in [0.4, 0.5) is 5.69 Å². The number of carbonyl (C=O) groups excluding carboxylic acids is 2. The summed E-state index contributed by atoms with van der Waals surface area (Å²) in [4.78, 5) is 38.9. The standard InChI is InChI=1S/C30H30N4O6S/c1-21-29(30(37)34(32(21)2)23-12-5-3-6-13-23)31-27(35)20-40-28(36)19-26-25-16-10-9-11-22(25)17-18-33(26)41(38,39)24-14-7-4-8-15-24/h3-16,26H,17-20H2,1-2H3,(H,31,35)/t26-/m0/s1. The summed E-state index contributed by atoms with van der Waals surface area (Å²) < 4.78 is 36.7. The first kappa shape index (κ1) is 28.1. The van der Waals surface area contributed by atoms with Crippen molar-refractivity contribution >= 4 is 27.6 Å². The van der Waals surface area contributed by atoms with Crippen molar-refractivity contribution in [2.75, 3.05) is 18.5 Å². The Morgan fingerprint density at radius 1 is 0.951 bits per heavy atom. The number of esters is 1. The molecule has 1 aliphatic rings. The van der Waals surface area contributed by atoms with Crippen LogP contribution in [0.1, 0.15) is 29.3 Å². The van der Waals surface area contributed by atoms with Crippen LogP contribution in [-0.4, -0.2) is 47.1 Å². The molecule has 10 nitrogen and oxygen atoms in total. The molecular formula is C30H30N4O6S. The van der Waals surface area contributed by atoms with Gasteiger partial charge < -0.3 is 10.1 Å². The van der Waals surface area contributed by atoms with E-state index in [9.17, 15) is 22.8 Å². The Labute approximate surface area is 237 Å². The number of amides is 1. The average Bonchev–Trinajstić information content (AvgIpc) is 3.19. The molecule has 5 rings (SSSR count). The molecule has 1 aromatic heterocycles. The lowest BCUT2D eigenvalue weighted by molar-refractivity contribution is -0.148. The van der Waals surface area contributed by atoms with Crippen molar-refractivity contribution in [3.63, 3.8) is 0 Å². The highest BCUT2D eigenvalue weighted by molar-refractivity contribution is 7.89. The van der Waals surface area contributed by atoms with E-state index in [0.717, 1.165) is 11.1 Å². The van der Waals surface area contributed by atoms with Gasteiger partial charge in [-0.3, -0.25) is 19.1 Å². The van der Waals surface area contributed by atoms with E-state index < -0.39 is 40.1 Å². The highest BCUT2D eigenvalue weighted by Crippen LogP contribution is 2.36. The quantitative estimate of drug-likeness (QED) is 0.323. The molecule has 4 aromatic rings. The second kappa shape index (κ2) is 11.6.